The van der Waals surface area contributed by atoms with E-state index in [0.29, 0.717) is 6.61 Å². The van der Waals surface area contributed by atoms with Gasteiger partial charge in [-0.1, -0.05) is 17.7 Å². The van der Waals surface area contributed by atoms with Crippen molar-refractivity contribution in [1.82, 2.24) is 15.5 Å². The fourth-order valence-electron chi connectivity index (χ4n) is 2.28. The Bertz CT molecular complexity index is 483. The average Bonchev–Trinajstić information content (AvgIpc) is 2.61. The van der Waals surface area contributed by atoms with Crippen LogP contribution in [0.1, 0.15) is 18.4 Å². The highest BCUT2D eigenvalue weighted by molar-refractivity contribution is 14.0. The number of aryl methyl sites for hydroxylation is 1. The molecule has 0 radical (unpaired) electrons. The van der Waals surface area contributed by atoms with E-state index >= 15 is 0 Å². The van der Waals surface area contributed by atoms with Gasteiger partial charge < -0.3 is 25.0 Å². The zero-order valence-electron chi connectivity index (χ0n) is 16.6. The first-order valence-corrected chi connectivity index (χ1v) is 8.97. The highest BCUT2D eigenvalue weighted by atomic mass is 127. The number of hydrogen-bond donors (Lipinski definition) is 2. The topological polar surface area (TPSA) is 58.1 Å². The smallest absolute Gasteiger partial charge is 0.191 e. The minimum Gasteiger partial charge on any atom is -0.494 e. The molecule has 2 N–H and O–H groups in total. The quantitative estimate of drug-likeness (QED) is 0.209. The molecule has 0 aliphatic carbocycles. The third-order valence-electron chi connectivity index (χ3n) is 3.80. The van der Waals surface area contributed by atoms with E-state index in [2.05, 4.69) is 46.6 Å². The Morgan fingerprint density at radius 3 is 2.38 bits per heavy atom. The Kier molecular flexibility index (Phi) is 15.5. The molecule has 6 nitrogen and oxygen atoms in total. The molecule has 0 saturated heterocycles. The van der Waals surface area contributed by atoms with Gasteiger partial charge in [0.25, 0.3) is 0 Å². The Balaban J connectivity index is 0.00000625. The van der Waals surface area contributed by atoms with Crippen LogP contribution >= 0.6 is 24.0 Å². The van der Waals surface area contributed by atoms with E-state index in [0.717, 1.165) is 57.3 Å². The SMILES string of the molecule is CN=C(NCCCOc1ccc(C)cc1)NCCN(C)CCCOC.I. The van der Waals surface area contributed by atoms with Crippen molar-refractivity contribution in [1.29, 1.82) is 0 Å². The van der Waals surface area contributed by atoms with Gasteiger partial charge in [-0.15, -0.1) is 24.0 Å². The van der Waals surface area contributed by atoms with Crippen LogP contribution in [0.3, 0.4) is 0 Å². The van der Waals surface area contributed by atoms with Crippen molar-refractivity contribution in [2.24, 2.45) is 4.99 Å². The van der Waals surface area contributed by atoms with Crippen molar-refractivity contribution >= 4 is 29.9 Å². The molecule has 7 heteroatoms. The van der Waals surface area contributed by atoms with Crippen LogP contribution in [0.15, 0.2) is 29.3 Å². The molecule has 1 aromatic carbocycles. The summed E-state index contributed by atoms with van der Waals surface area (Å²) in [6, 6.07) is 8.13. The number of benzene rings is 1. The number of halogens is 1. The number of rotatable bonds is 12. The largest absolute Gasteiger partial charge is 0.494 e. The summed E-state index contributed by atoms with van der Waals surface area (Å²) < 4.78 is 10.8. The molecule has 0 atom stereocenters. The Hall–Kier alpha value is -1.06. The Labute approximate surface area is 175 Å². The number of guanidine groups is 1. The van der Waals surface area contributed by atoms with E-state index in [1.54, 1.807) is 14.2 Å². The molecule has 26 heavy (non-hydrogen) atoms. The third-order valence-corrected chi connectivity index (χ3v) is 3.80. The average molecular weight is 478 g/mol. The summed E-state index contributed by atoms with van der Waals surface area (Å²) in [5.41, 5.74) is 1.24. The van der Waals surface area contributed by atoms with Gasteiger partial charge in [-0.2, -0.15) is 0 Å². The van der Waals surface area contributed by atoms with E-state index in [4.69, 9.17) is 9.47 Å². The molecule has 1 aromatic rings. The molecule has 0 saturated carbocycles. The zero-order valence-corrected chi connectivity index (χ0v) is 18.9. The maximum Gasteiger partial charge on any atom is 0.191 e. The Morgan fingerprint density at radius 1 is 1.04 bits per heavy atom. The van der Waals surface area contributed by atoms with Crippen LogP contribution in [-0.4, -0.2) is 71.5 Å². The van der Waals surface area contributed by atoms with Gasteiger partial charge in [-0.05, 0) is 38.9 Å². The minimum atomic E-state index is 0. The van der Waals surface area contributed by atoms with Gasteiger partial charge >= 0.3 is 0 Å². The second-order valence-electron chi connectivity index (χ2n) is 6.09. The summed E-state index contributed by atoms with van der Waals surface area (Å²) in [5, 5.41) is 6.64. The summed E-state index contributed by atoms with van der Waals surface area (Å²) in [6.45, 7) is 7.28. The van der Waals surface area contributed by atoms with Crippen molar-refractivity contribution in [2.75, 3.05) is 60.6 Å². The second-order valence-corrected chi connectivity index (χ2v) is 6.09. The lowest BCUT2D eigenvalue weighted by Crippen LogP contribution is -2.41. The molecule has 1 rings (SSSR count). The lowest BCUT2D eigenvalue weighted by Gasteiger charge is -2.18. The van der Waals surface area contributed by atoms with Gasteiger partial charge in [-0.25, -0.2) is 0 Å². The van der Waals surface area contributed by atoms with Crippen LogP contribution in [0.4, 0.5) is 0 Å². The summed E-state index contributed by atoms with van der Waals surface area (Å²) in [7, 11) is 5.65. The number of likely N-dealkylation sites (N-methyl/N-ethyl adjacent to an activating group) is 1. The number of aliphatic imine (C=N–C) groups is 1. The predicted octanol–water partition coefficient (Wildman–Crippen LogP) is 2.52. The van der Waals surface area contributed by atoms with Gasteiger partial charge in [0, 0.05) is 46.9 Å². The standard InChI is InChI=1S/C19H34N4O2.HI/c1-17-7-9-18(10-8-17)25-16-5-11-21-19(20-2)22-12-14-23(3)13-6-15-24-4;/h7-10H,5-6,11-16H2,1-4H3,(H2,20,21,22);1H. The van der Waals surface area contributed by atoms with Crippen LogP contribution in [0.25, 0.3) is 0 Å². The monoisotopic (exact) mass is 478 g/mol. The highest BCUT2D eigenvalue weighted by Gasteiger charge is 2.00. The highest BCUT2D eigenvalue weighted by Crippen LogP contribution is 2.11. The lowest BCUT2D eigenvalue weighted by atomic mass is 10.2. The normalized spacial score (nSPS) is 11.2. The van der Waals surface area contributed by atoms with Crippen molar-refractivity contribution in [3.05, 3.63) is 29.8 Å². The molecule has 0 aliphatic rings. The first-order valence-electron chi connectivity index (χ1n) is 8.97. The van der Waals surface area contributed by atoms with E-state index in [-0.39, 0.29) is 24.0 Å². The van der Waals surface area contributed by atoms with Crippen LogP contribution in [0.5, 0.6) is 5.75 Å². The summed E-state index contributed by atoms with van der Waals surface area (Å²) >= 11 is 0. The van der Waals surface area contributed by atoms with E-state index in [9.17, 15) is 0 Å². The molecule has 0 heterocycles. The van der Waals surface area contributed by atoms with Crippen molar-refractivity contribution in [3.63, 3.8) is 0 Å². The third kappa shape index (κ3) is 12.3. The number of hydrogen-bond acceptors (Lipinski definition) is 4. The summed E-state index contributed by atoms with van der Waals surface area (Å²) in [4.78, 5) is 6.53. The molecular formula is C19H35IN4O2. The van der Waals surface area contributed by atoms with E-state index in [1.165, 1.54) is 5.56 Å². The van der Waals surface area contributed by atoms with Gasteiger partial charge in [0.05, 0.1) is 6.61 Å². The number of methoxy groups -OCH3 is 1. The molecule has 0 spiro atoms. The Morgan fingerprint density at radius 2 is 1.73 bits per heavy atom. The molecule has 0 amide bonds. The van der Waals surface area contributed by atoms with Gasteiger partial charge in [0.2, 0.25) is 0 Å². The maximum atomic E-state index is 5.72. The fourth-order valence-corrected chi connectivity index (χ4v) is 2.28. The molecule has 150 valence electrons. The van der Waals surface area contributed by atoms with E-state index in [1.807, 2.05) is 12.1 Å². The maximum absolute atomic E-state index is 5.72. The molecular weight excluding hydrogens is 443 g/mol. The summed E-state index contributed by atoms with van der Waals surface area (Å²) in [6.07, 6.45) is 1.98. The molecule has 0 aromatic heterocycles. The second kappa shape index (κ2) is 16.1. The van der Waals surface area contributed by atoms with Crippen LogP contribution in [0.2, 0.25) is 0 Å². The first-order chi connectivity index (χ1) is 12.2. The van der Waals surface area contributed by atoms with Crippen molar-refractivity contribution in [3.8, 4) is 5.75 Å². The van der Waals surface area contributed by atoms with E-state index < -0.39 is 0 Å². The van der Waals surface area contributed by atoms with Gasteiger partial charge in [0.1, 0.15) is 5.75 Å². The van der Waals surface area contributed by atoms with Crippen molar-refractivity contribution in [2.45, 2.75) is 19.8 Å². The molecule has 0 bridgehead atoms. The predicted molar refractivity (Wildman–Crippen MR) is 120 cm³/mol. The number of ether oxygens (including phenoxy) is 2. The fraction of sp³-hybridized carbons (Fsp3) is 0.632. The summed E-state index contributed by atoms with van der Waals surface area (Å²) in [5.74, 6) is 1.75. The zero-order chi connectivity index (χ0) is 18.3. The van der Waals surface area contributed by atoms with Crippen LogP contribution in [0, 0.1) is 6.92 Å². The number of nitrogens with zero attached hydrogens (tertiary/aromatic N) is 2. The van der Waals surface area contributed by atoms with Crippen molar-refractivity contribution < 1.29 is 9.47 Å². The molecule has 0 aliphatic heterocycles. The number of nitrogens with one attached hydrogen (secondary N) is 2. The van der Waals surface area contributed by atoms with Gasteiger partial charge in [0.15, 0.2) is 5.96 Å². The first kappa shape index (κ1) is 24.9. The van der Waals surface area contributed by atoms with Crippen LogP contribution in [-0.2, 0) is 4.74 Å². The van der Waals surface area contributed by atoms with Gasteiger partial charge in [-0.3, -0.25) is 4.99 Å². The minimum absolute atomic E-state index is 0. The molecule has 0 fully saturated rings. The van der Waals surface area contributed by atoms with Crippen LogP contribution < -0.4 is 15.4 Å². The lowest BCUT2D eigenvalue weighted by molar-refractivity contribution is 0.180. The molecule has 0 unspecified atom stereocenters.